The highest BCUT2D eigenvalue weighted by atomic mass is 32.2. The number of allylic oxidation sites excluding steroid dienone is 1. The molecule has 52 heavy (non-hydrogen) atoms. The van der Waals surface area contributed by atoms with E-state index < -0.39 is 68.7 Å². The Morgan fingerprint density at radius 2 is 1.79 bits per heavy atom. The first-order valence-corrected chi connectivity index (χ1v) is 20.0. The van der Waals surface area contributed by atoms with Crippen molar-refractivity contribution in [3.8, 4) is 0 Å². The number of sulfonamides is 1. The summed E-state index contributed by atoms with van der Waals surface area (Å²) in [7, 11) is -3.87. The molecule has 2 aromatic rings. The summed E-state index contributed by atoms with van der Waals surface area (Å²) in [5.74, 6) is -2.26. The quantitative estimate of drug-likeness (QED) is 0.207. The second-order valence-electron chi connectivity index (χ2n) is 14.6. The number of carbonyl (C=O) groups excluding carboxylic acids is 4. The monoisotopic (exact) mass is 734 g/mol. The minimum atomic E-state index is -3.87. The lowest BCUT2D eigenvalue weighted by Crippen LogP contribution is -2.58. The van der Waals surface area contributed by atoms with Crippen LogP contribution in [0.15, 0.2) is 53.8 Å². The van der Waals surface area contributed by atoms with Crippen molar-refractivity contribution in [3.63, 3.8) is 0 Å². The van der Waals surface area contributed by atoms with Crippen LogP contribution < -0.4 is 15.4 Å². The van der Waals surface area contributed by atoms with Gasteiger partial charge in [-0.3, -0.25) is 24.1 Å². The molecule has 3 N–H and O–H groups in total. The normalized spacial score (nSPS) is 29.3. The molecule has 14 nitrogen and oxygen atoms in total. The van der Waals surface area contributed by atoms with Gasteiger partial charge < -0.3 is 25.1 Å². The molecule has 0 spiro atoms. The molecule has 0 radical (unpaired) electrons. The van der Waals surface area contributed by atoms with Gasteiger partial charge in [0.25, 0.3) is 5.91 Å². The second-order valence-corrected chi connectivity index (χ2v) is 16.6. The number of nitrogens with one attached hydrogen (secondary N) is 3. The van der Waals surface area contributed by atoms with E-state index in [1.54, 1.807) is 18.5 Å². The number of oxime groups is 1. The van der Waals surface area contributed by atoms with Crippen LogP contribution in [0.1, 0.15) is 89.0 Å². The number of rotatable bonds is 8. The van der Waals surface area contributed by atoms with E-state index in [1.165, 1.54) is 4.90 Å². The van der Waals surface area contributed by atoms with Gasteiger partial charge in [0.05, 0.1) is 23.5 Å². The molecule has 3 saturated carbocycles. The predicted molar refractivity (Wildman–Crippen MR) is 191 cm³/mol. The predicted octanol–water partition coefficient (Wildman–Crippen LogP) is 3.60. The molecule has 7 rings (SSSR count). The van der Waals surface area contributed by atoms with Crippen LogP contribution in [0, 0.1) is 5.92 Å². The van der Waals surface area contributed by atoms with Crippen molar-refractivity contribution in [2.45, 2.75) is 119 Å². The highest BCUT2D eigenvalue weighted by Crippen LogP contribution is 2.46. The lowest BCUT2D eigenvalue weighted by Gasteiger charge is -2.30. The zero-order valence-electron chi connectivity index (χ0n) is 29.1. The van der Waals surface area contributed by atoms with Gasteiger partial charge in [-0.25, -0.2) is 13.2 Å². The lowest BCUT2D eigenvalue weighted by molar-refractivity contribution is -0.141. The summed E-state index contributed by atoms with van der Waals surface area (Å²) in [5, 5.41) is 10.1. The van der Waals surface area contributed by atoms with Crippen molar-refractivity contribution in [3.05, 3.63) is 54.2 Å². The molecule has 3 aliphatic carbocycles. The maximum Gasteiger partial charge on any atom is 0.408 e. The molecule has 15 heteroatoms. The first-order chi connectivity index (χ1) is 25.1. The summed E-state index contributed by atoms with van der Waals surface area (Å²) in [4.78, 5) is 66.9. The average Bonchev–Trinajstić information content (AvgIpc) is 4.00. The van der Waals surface area contributed by atoms with E-state index in [0.29, 0.717) is 32.1 Å². The fourth-order valence-electron chi connectivity index (χ4n) is 7.58. The van der Waals surface area contributed by atoms with Crippen LogP contribution in [0.2, 0.25) is 0 Å². The Morgan fingerprint density at radius 3 is 2.60 bits per heavy atom. The van der Waals surface area contributed by atoms with Gasteiger partial charge in [0, 0.05) is 29.5 Å². The Morgan fingerprint density at radius 1 is 1.00 bits per heavy atom. The van der Waals surface area contributed by atoms with E-state index >= 15 is 0 Å². The molecule has 278 valence electrons. The minimum Gasteiger partial charge on any atom is -0.446 e. The molecule has 3 heterocycles. The molecule has 1 unspecified atom stereocenters. The molecule has 5 aliphatic rings. The summed E-state index contributed by atoms with van der Waals surface area (Å²) < 4.78 is 33.4. The Labute approximate surface area is 303 Å². The third-order valence-electron chi connectivity index (χ3n) is 10.8. The van der Waals surface area contributed by atoms with Crippen LogP contribution in [0.3, 0.4) is 0 Å². The van der Waals surface area contributed by atoms with Crippen molar-refractivity contribution < 1.29 is 37.2 Å². The SMILES string of the molecule is O=C(N[C@H]1CCCCC/C=C\[C@@H]2CC2(C(=O)NS(=O)(=O)C2CC2)NC(=O)[C@@H]2C[C@@H](O/N=C/c3ccnc4ccccc34)CN2C1=O)OC1CCCC1. The van der Waals surface area contributed by atoms with E-state index in [2.05, 4.69) is 25.5 Å². The molecule has 5 atom stereocenters. The number of ether oxygens (including phenoxy) is 1. The van der Waals surface area contributed by atoms with Gasteiger partial charge in [-0.05, 0) is 76.3 Å². The molecule has 0 bridgehead atoms. The van der Waals surface area contributed by atoms with Gasteiger partial charge in [-0.15, -0.1) is 0 Å². The lowest BCUT2D eigenvalue weighted by atomic mass is 10.0. The maximum atomic E-state index is 14.3. The van der Waals surface area contributed by atoms with Gasteiger partial charge in [0.1, 0.15) is 29.8 Å². The van der Waals surface area contributed by atoms with Crippen molar-refractivity contribution in [1.82, 2.24) is 25.2 Å². The topological polar surface area (TPSA) is 185 Å². The summed E-state index contributed by atoms with van der Waals surface area (Å²) in [6.45, 7) is -0.000206. The highest BCUT2D eigenvalue weighted by molar-refractivity contribution is 7.91. The highest BCUT2D eigenvalue weighted by Gasteiger charge is 2.62. The molecule has 4 fully saturated rings. The number of nitrogens with zero attached hydrogens (tertiary/aromatic N) is 3. The molecule has 4 amide bonds. The number of amides is 4. The standard InChI is InChI=1S/C37H46N6O8S/c44-33-32-20-27(51-39-22-24-18-19-38-30-14-9-8-13-29(24)30)23-43(32)34(45)31(40-36(47)50-26-11-6-7-12-26)15-5-3-1-2-4-10-25-21-37(25,41-33)35(46)42-52(48,49)28-16-17-28/h4,8-10,13-14,18-19,22,25-28,31-32H,1-3,5-7,11-12,15-17,20-21,23H2,(H,40,47)(H,41,44)(H,42,46)/b10-4-,39-22+/t25-,27-,31+,32+,37?/m1/s1. The van der Waals surface area contributed by atoms with Crippen LogP contribution in [-0.4, -0.2) is 90.0 Å². The summed E-state index contributed by atoms with van der Waals surface area (Å²) in [6.07, 6.45) is 13.6. The number of benzene rings is 1. The van der Waals surface area contributed by atoms with E-state index in [4.69, 9.17) is 9.57 Å². The van der Waals surface area contributed by atoms with Crippen LogP contribution in [-0.2, 0) is 34.0 Å². The van der Waals surface area contributed by atoms with Gasteiger partial charge in [0.2, 0.25) is 21.8 Å². The fourth-order valence-corrected chi connectivity index (χ4v) is 8.94. The molecule has 2 aliphatic heterocycles. The first kappa shape index (κ1) is 35.9. The number of para-hydroxylation sites is 1. The Hall–Kier alpha value is -4.53. The van der Waals surface area contributed by atoms with E-state index in [9.17, 15) is 27.6 Å². The Balaban J connectivity index is 1.13. The smallest absolute Gasteiger partial charge is 0.408 e. The van der Waals surface area contributed by atoms with Crippen LogP contribution in [0.4, 0.5) is 4.79 Å². The Kier molecular flexibility index (Phi) is 10.5. The molecule has 1 aromatic carbocycles. The Bertz CT molecular complexity index is 1850. The van der Waals surface area contributed by atoms with Gasteiger partial charge in [-0.2, -0.15) is 0 Å². The number of hydrogen-bond acceptors (Lipinski definition) is 10. The van der Waals surface area contributed by atoms with E-state index in [1.807, 2.05) is 36.4 Å². The molecular weight excluding hydrogens is 689 g/mol. The number of hydrogen-bond donors (Lipinski definition) is 3. The van der Waals surface area contributed by atoms with Crippen molar-refractivity contribution in [2.24, 2.45) is 11.1 Å². The number of alkyl carbamates (subject to hydrolysis) is 1. The van der Waals surface area contributed by atoms with Gasteiger partial charge >= 0.3 is 6.09 Å². The number of fused-ring (bicyclic) bond motifs is 3. The molecular formula is C37H46N6O8S. The zero-order valence-corrected chi connectivity index (χ0v) is 29.9. The van der Waals surface area contributed by atoms with Crippen LogP contribution in [0.5, 0.6) is 0 Å². The average molecular weight is 735 g/mol. The van der Waals surface area contributed by atoms with E-state index in [-0.39, 0.29) is 25.5 Å². The third-order valence-corrected chi connectivity index (χ3v) is 12.6. The number of aromatic nitrogens is 1. The summed E-state index contributed by atoms with van der Waals surface area (Å²) >= 11 is 0. The van der Waals surface area contributed by atoms with Gasteiger partial charge in [-0.1, -0.05) is 48.3 Å². The second kappa shape index (κ2) is 15.2. The maximum absolute atomic E-state index is 14.3. The molecule has 1 aromatic heterocycles. The van der Waals surface area contributed by atoms with Gasteiger partial charge in [0.15, 0.2) is 0 Å². The number of carbonyl (C=O) groups is 4. The van der Waals surface area contributed by atoms with Crippen molar-refractivity contribution in [2.75, 3.05) is 6.54 Å². The summed E-state index contributed by atoms with van der Waals surface area (Å²) in [5.41, 5.74) is 0.0907. The zero-order chi connectivity index (χ0) is 36.3. The van der Waals surface area contributed by atoms with E-state index in [0.717, 1.165) is 55.0 Å². The molecule has 1 saturated heterocycles. The largest absolute Gasteiger partial charge is 0.446 e. The van der Waals surface area contributed by atoms with Crippen LogP contribution >= 0.6 is 0 Å². The van der Waals surface area contributed by atoms with Crippen LogP contribution in [0.25, 0.3) is 10.9 Å². The third kappa shape index (κ3) is 8.08. The summed E-state index contributed by atoms with van der Waals surface area (Å²) in [6, 6.07) is 7.38. The first-order valence-electron chi connectivity index (χ1n) is 18.5. The number of pyridine rings is 1. The minimum absolute atomic E-state index is 0.000206. The van der Waals surface area contributed by atoms with Crippen molar-refractivity contribution in [1.29, 1.82) is 0 Å². The van der Waals surface area contributed by atoms with Crippen molar-refractivity contribution >= 4 is 51.0 Å². The fraction of sp³-hybridized carbons (Fsp3) is 0.568.